The Hall–Kier alpha value is -3.72. The van der Waals surface area contributed by atoms with Gasteiger partial charge in [-0.1, -0.05) is 6.07 Å². The van der Waals surface area contributed by atoms with Crippen molar-refractivity contribution in [2.45, 2.75) is 25.8 Å². The average molecular weight is 416 g/mol. The lowest BCUT2D eigenvalue weighted by atomic mass is 10.1. The lowest BCUT2D eigenvalue weighted by Gasteiger charge is -2.30. The number of aromatic nitrogens is 4. The van der Waals surface area contributed by atoms with E-state index in [0.29, 0.717) is 47.2 Å². The number of amides is 1. The highest BCUT2D eigenvalue weighted by atomic mass is 16.2. The number of nitrogens with one attached hydrogen (secondary N) is 2. The van der Waals surface area contributed by atoms with Crippen molar-refractivity contribution < 1.29 is 4.79 Å². The van der Waals surface area contributed by atoms with Gasteiger partial charge in [-0.15, -0.1) is 0 Å². The number of nitrogens with zero attached hydrogens (tertiary/aromatic N) is 5. The minimum absolute atomic E-state index is 0.00844. The fourth-order valence-corrected chi connectivity index (χ4v) is 3.53. The molecule has 1 aliphatic rings. The van der Waals surface area contributed by atoms with Crippen LogP contribution in [0.3, 0.4) is 0 Å². The van der Waals surface area contributed by atoms with Crippen LogP contribution in [0, 0.1) is 12.3 Å². The Morgan fingerprint density at radius 2 is 2.13 bits per heavy atom. The number of hydrogen-bond donors (Lipinski definition) is 3. The fraction of sp³-hybridized carbons (Fsp3) is 0.273. The van der Waals surface area contributed by atoms with Gasteiger partial charge in [0, 0.05) is 43.3 Å². The van der Waals surface area contributed by atoms with Gasteiger partial charge in [-0.2, -0.15) is 0 Å². The second kappa shape index (κ2) is 8.97. The van der Waals surface area contributed by atoms with Crippen molar-refractivity contribution in [2.75, 3.05) is 18.4 Å². The normalized spacial score (nSPS) is 16.1. The zero-order valence-corrected chi connectivity index (χ0v) is 17.2. The number of carbonyl (C=O) groups excluding carboxylic acids is 1. The van der Waals surface area contributed by atoms with Crippen LogP contribution >= 0.6 is 0 Å². The molecule has 4 heterocycles. The first-order chi connectivity index (χ1) is 15.0. The van der Waals surface area contributed by atoms with E-state index in [4.69, 9.17) is 11.1 Å². The van der Waals surface area contributed by atoms with Crippen molar-refractivity contribution in [1.82, 2.24) is 24.8 Å². The molecule has 0 saturated carbocycles. The summed E-state index contributed by atoms with van der Waals surface area (Å²) in [7, 11) is 0. The third-order valence-corrected chi connectivity index (χ3v) is 5.08. The zero-order chi connectivity index (χ0) is 21.8. The summed E-state index contributed by atoms with van der Waals surface area (Å²) >= 11 is 0. The van der Waals surface area contributed by atoms with Gasteiger partial charge < -0.3 is 21.4 Å². The maximum Gasteiger partial charge on any atom is 0.272 e. The molecule has 3 aromatic heterocycles. The van der Waals surface area contributed by atoms with E-state index in [-0.39, 0.29) is 11.9 Å². The Labute approximate surface area is 180 Å². The second-order valence-electron chi connectivity index (χ2n) is 7.53. The lowest BCUT2D eigenvalue weighted by Crippen LogP contribution is -2.45. The number of carbonyl (C=O) groups is 1. The van der Waals surface area contributed by atoms with Crippen molar-refractivity contribution in [3.8, 4) is 11.4 Å². The van der Waals surface area contributed by atoms with Crippen LogP contribution in [0.1, 0.15) is 34.6 Å². The monoisotopic (exact) mass is 416 g/mol. The standard InChI is InChI=1S/C22H24N8O/c1-14-10-25-12-20(27-14)19-8-18(15(9-23)11-26-19)29-21-6-2-5-17(28-21)22(31)30-7-3-4-16(24)13-30/h2,5-6,8-12,16,23H,3-4,7,13,24H2,1H3,(H,26,28,29)/t16-/m0/s1. The van der Waals surface area contributed by atoms with Gasteiger partial charge in [0.05, 0.1) is 23.3 Å². The van der Waals surface area contributed by atoms with E-state index in [2.05, 4.69) is 25.3 Å². The highest BCUT2D eigenvalue weighted by Crippen LogP contribution is 2.24. The molecule has 9 nitrogen and oxygen atoms in total. The second-order valence-corrected chi connectivity index (χ2v) is 7.53. The van der Waals surface area contributed by atoms with Crippen molar-refractivity contribution in [3.05, 3.63) is 59.8 Å². The Kier molecular flexibility index (Phi) is 5.94. The highest BCUT2D eigenvalue weighted by Gasteiger charge is 2.23. The molecule has 1 atom stereocenters. The molecular weight excluding hydrogens is 392 g/mol. The van der Waals surface area contributed by atoms with Crippen LogP contribution in [-0.2, 0) is 0 Å². The first-order valence-corrected chi connectivity index (χ1v) is 10.1. The number of pyridine rings is 2. The number of nitrogens with two attached hydrogens (primary N) is 1. The van der Waals surface area contributed by atoms with Crippen molar-refractivity contribution in [3.63, 3.8) is 0 Å². The molecule has 4 N–H and O–H groups in total. The smallest absolute Gasteiger partial charge is 0.272 e. The topological polar surface area (TPSA) is 134 Å². The van der Waals surface area contributed by atoms with Crippen molar-refractivity contribution in [1.29, 1.82) is 5.41 Å². The molecular formula is C22H24N8O. The Morgan fingerprint density at radius 3 is 2.90 bits per heavy atom. The van der Waals surface area contributed by atoms with Gasteiger partial charge in [0.25, 0.3) is 5.91 Å². The zero-order valence-electron chi connectivity index (χ0n) is 17.2. The molecule has 0 bridgehead atoms. The molecule has 31 heavy (non-hydrogen) atoms. The number of piperidine rings is 1. The molecule has 158 valence electrons. The summed E-state index contributed by atoms with van der Waals surface area (Å²) in [5.74, 6) is 0.374. The Morgan fingerprint density at radius 1 is 1.26 bits per heavy atom. The molecule has 1 fully saturated rings. The van der Waals surface area contributed by atoms with E-state index in [0.717, 1.165) is 18.5 Å². The molecule has 4 rings (SSSR count). The molecule has 0 radical (unpaired) electrons. The van der Waals surface area contributed by atoms with E-state index in [1.165, 1.54) is 6.21 Å². The van der Waals surface area contributed by atoms with Gasteiger partial charge in [0.15, 0.2) is 0 Å². The molecule has 0 aromatic carbocycles. The third kappa shape index (κ3) is 4.72. The summed E-state index contributed by atoms with van der Waals surface area (Å²) in [6.07, 6.45) is 7.96. The van der Waals surface area contributed by atoms with E-state index in [1.54, 1.807) is 47.8 Å². The minimum atomic E-state index is -0.128. The first kappa shape index (κ1) is 20.5. The fourth-order valence-electron chi connectivity index (χ4n) is 3.53. The van der Waals surface area contributed by atoms with Crippen LogP contribution in [0.25, 0.3) is 11.4 Å². The van der Waals surface area contributed by atoms with Crippen LogP contribution < -0.4 is 11.1 Å². The summed E-state index contributed by atoms with van der Waals surface area (Å²) in [6.45, 7) is 3.10. The molecule has 1 amide bonds. The lowest BCUT2D eigenvalue weighted by molar-refractivity contribution is 0.0703. The quantitative estimate of drug-likeness (QED) is 0.544. The summed E-state index contributed by atoms with van der Waals surface area (Å²) in [5.41, 5.74) is 9.64. The highest BCUT2D eigenvalue weighted by molar-refractivity contribution is 5.93. The number of likely N-dealkylation sites (tertiary alicyclic amines) is 1. The largest absolute Gasteiger partial charge is 0.340 e. The molecule has 3 aromatic rings. The van der Waals surface area contributed by atoms with E-state index >= 15 is 0 Å². The van der Waals surface area contributed by atoms with Crippen LogP contribution in [0.2, 0.25) is 0 Å². The van der Waals surface area contributed by atoms with Gasteiger partial charge in [0.1, 0.15) is 17.2 Å². The number of rotatable bonds is 5. The van der Waals surface area contributed by atoms with Crippen LogP contribution in [0.15, 0.2) is 42.9 Å². The Bertz CT molecular complexity index is 1120. The summed E-state index contributed by atoms with van der Waals surface area (Å²) in [5, 5.41) is 10.9. The molecule has 0 unspecified atom stereocenters. The summed E-state index contributed by atoms with van der Waals surface area (Å²) < 4.78 is 0. The Balaban J connectivity index is 1.60. The molecule has 1 saturated heterocycles. The molecule has 0 spiro atoms. The summed E-state index contributed by atoms with van der Waals surface area (Å²) in [4.78, 5) is 32.1. The van der Waals surface area contributed by atoms with E-state index in [9.17, 15) is 4.79 Å². The maximum atomic E-state index is 12.9. The third-order valence-electron chi connectivity index (χ3n) is 5.08. The first-order valence-electron chi connectivity index (χ1n) is 10.1. The summed E-state index contributed by atoms with van der Waals surface area (Å²) in [6, 6.07) is 7.06. The van der Waals surface area contributed by atoms with E-state index in [1.807, 2.05) is 6.92 Å². The SMILES string of the molecule is Cc1cncc(-c2cc(Nc3cccc(C(=O)N4CCC[C@H](N)C4)n3)c(C=N)cn2)n1. The molecule has 0 aliphatic carbocycles. The van der Waals surface area contributed by atoms with Gasteiger partial charge in [-0.3, -0.25) is 14.8 Å². The maximum absolute atomic E-state index is 12.9. The van der Waals surface area contributed by atoms with Crippen molar-refractivity contribution >= 4 is 23.6 Å². The average Bonchev–Trinajstić information content (AvgIpc) is 2.79. The van der Waals surface area contributed by atoms with E-state index < -0.39 is 0 Å². The van der Waals surface area contributed by atoms with Crippen molar-refractivity contribution in [2.24, 2.45) is 5.73 Å². The minimum Gasteiger partial charge on any atom is -0.340 e. The van der Waals surface area contributed by atoms with Crippen LogP contribution in [0.4, 0.5) is 11.5 Å². The number of hydrogen-bond acceptors (Lipinski definition) is 8. The number of anilines is 2. The van der Waals surface area contributed by atoms with Crippen LogP contribution in [-0.4, -0.2) is 56.1 Å². The van der Waals surface area contributed by atoms with Crippen LogP contribution in [0.5, 0.6) is 0 Å². The van der Waals surface area contributed by atoms with Gasteiger partial charge in [-0.25, -0.2) is 9.97 Å². The number of aryl methyl sites for hydroxylation is 1. The van der Waals surface area contributed by atoms with Gasteiger partial charge in [0.2, 0.25) is 0 Å². The molecule has 1 aliphatic heterocycles. The van der Waals surface area contributed by atoms with Gasteiger partial charge >= 0.3 is 0 Å². The predicted octanol–water partition coefficient (Wildman–Crippen LogP) is 2.55. The van der Waals surface area contributed by atoms with Gasteiger partial charge in [-0.05, 0) is 38.0 Å². The predicted molar refractivity (Wildman–Crippen MR) is 119 cm³/mol. The molecule has 9 heteroatoms.